The molecule has 2 atom stereocenters. The Balaban J connectivity index is 1.87. The summed E-state index contributed by atoms with van der Waals surface area (Å²) in [7, 11) is 0. The lowest BCUT2D eigenvalue weighted by Crippen LogP contribution is -2.52. The Bertz CT molecular complexity index is 299. The lowest BCUT2D eigenvalue weighted by atomic mass is 9.97. The molecular weight excluding hydrogens is 202 g/mol. The molecule has 1 aliphatic heterocycles. The summed E-state index contributed by atoms with van der Waals surface area (Å²) in [6, 6.07) is 2.56. The molecule has 4 nitrogen and oxygen atoms in total. The van der Waals surface area contributed by atoms with E-state index in [0.717, 1.165) is 37.9 Å². The number of nitrogens with zero attached hydrogens (tertiary/aromatic N) is 2. The third kappa shape index (κ3) is 2.83. The van der Waals surface area contributed by atoms with Crippen LogP contribution in [0.15, 0.2) is 16.8 Å². The van der Waals surface area contributed by atoms with E-state index in [1.165, 1.54) is 6.42 Å². The summed E-state index contributed by atoms with van der Waals surface area (Å²) in [4.78, 5) is 2.44. The van der Waals surface area contributed by atoms with Gasteiger partial charge < -0.3 is 9.84 Å². The molecule has 0 amide bonds. The topological polar surface area (TPSA) is 41.3 Å². The molecule has 1 N–H and O–H groups in total. The van der Waals surface area contributed by atoms with Gasteiger partial charge in [0.1, 0.15) is 0 Å². The molecule has 1 aromatic rings. The smallest absolute Gasteiger partial charge is 0.150 e. The van der Waals surface area contributed by atoms with Gasteiger partial charge >= 0.3 is 0 Å². The molecular formula is C12H21N3O. The number of hydrogen-bond donors (Lipinski definition) is 1. The molecule has 1 fully saturated rings. The first-order valence-electron chi connectivity index (χ1n) is 6.15. The fourth-order valence-corrected chi connectivity index (χ4v) is 2.20. The van der Waals surface area contributed by atoms with E-state index in [1.807, 2.05) is 6.07 Å². The van der Waals surface area contributed by atoms with Crippen molar-refractivity contribution in [1.29, 1.82) is 0 Å². The molecule has 2 heterocycles. The van der Waals surface area contributed by atoms with Gasteiger partial charge in [-0.25, -0.2) is 0 Å². The van der Waals surface area contributed by atoms with Gasteiger partial charge in [0.05, 0.1) is 12.7 Å². The number of piperazine rings is 1. The highest BCUT2D eigenvalue weighted by Gasteiger charge is 2.23. The molecule has 0 radical (unpaired) electrons. The molecule has 0 saturated carbocycles. The number of nitrogens with one attached hydrogen (secondary N) is 1. The minimum atomic E-state index is 0.613. The maximum absolute atomic E-state index is 5.15. The normalized spacial score (nSPS) is 24.5. The average Bonchev–Trinajstić information content (AvgIpc) is 2.81. The third-order valence-corrected chi connectivity index (χ3v) is 3.49. The van der Waals surface area contributed by atoms with Crippen molar-refractivity contribution in [2.75, 3.05) is 19.6 Å². The van der Waals surface area contributed by atoms with Crippen molar-refractivity contribution in [3.8, 4) is 0 Å². The van der Waals surface area contributed by atoms with Gasteiger partial charge in [-0.05, 0) is 5.92 Å². The quantitative estimate of drug-likeness (QED) is 0.839. The zero-order chi connectivity index (χ0) is 11.4. The van der Waals surface area contributed by atoms with E-state index >= 15 is 0 Å². The minimum absolute atomic E-state index is 0.613. The van der Waals surface area contributed by atoms with Gasteiger partial charge in [0.15, 0.2) is 5.76 Å². The SMILES string of the molecule is CCC(C)C1CN(Cc2ccno2)CCN1. The molecule has 16 heavy (non-hydrogen) atoms. The van der Waals surface area contributed by atoms with E-state index in [1.54, 1.807) is 6.20 Å². The van der Waals surface area contributed by atoms with Gasteiger partial charge in [-0.15, -0.1) is 0 Å². The van der Waals surface area contributed by atoms with E-state index in [-0.39, 0.29) is 0 Å². The van der Waals surface area contributed by atoms with E-state index < -0.39 is 0 Å². The zero-order valence-electron chi connectivity index (χ0n) is 10.1. The Hall–Kier alpha value is -0.870. The Morgan fingerprint density at radius 1 is 1.69 bits per heavy atom. The van der Waals surface area contributed by atoms with Gasteiger partial charge in [0, 0.05) is 31.7 Å². The predicted octanol–water partition coefficient (Wildman–Crippen LogP) is 1.49. The molecule has 2 rings (SSSR count). The molecule has 0 aromatic carbocycles. The molecule has 2 unspecified atom stereocenters. The second-order valence-corrected chi connectivity index (χ2v) is 4.66. The first kappa shape index (κ1) is 11.6. The highest BCUT2D eigenvalue weighted by atomic mass is 16.5. The second kappa shape index (κ2) is 5.46. The van der Waals surface area contributed by atoms with Crippen LogP contribution >= 0.6 is 0 Å². The van der Waals surface area contributed by atoms with Crippen LogP contribution in [0, 0.1) is 5.92 Å². The van der Waals surface area contributed by atoms with Crippen LogP contribution < -0.4 is 5.32 Å². The lowest BCUT2D eigenvalue weighted by molar-refractivity contribution is 0.149. The molecule has 1 saturated heterocycles. The van der Waals surface area contributed by atoms with Gasteiger partial charge in [-0.1, -0.05) is 25.4 Å². The third-order valence-electron chi connectivity index (χ3n) is 3.49. The fraction of sp³-hybridized carbons (Fsp3) is 0.750. The van der Waals surface area contributed by atoms with Gasteiger partial charge in [0.25, 0.3) is 0 Å². The van der Waals surface area contributed by atoms with Crippen LogP contribution in [0.3, 0.4) is 0 Å². The predicted molar refractivity (Wildman–Crippen MR) is 63.0 cm³/mol. The van der Waals surface area contributed by atoms with Gasteiger partial charge in [0.2, 0.25) is 0 Å². The minimum Gasteiger partial charge on any atom is -0.360 e. The van der Waals surface area contributed by atoms with Crippen molar-refractivity contribution in [3.63, 3.8) is 0 Å². The molecule has 0 spiro atoms. The first-order chi connectivity index (χ1) is 7.79. The molecule has 0 bridgehead atoms. The Kier molecular flexibility index (Phi) is 3.96. The van der Waals surface area contributed by atoms with E-state index in [0.29, 0.717) is 6.04 Å². The van der Waals surface area contributed by atoms with Crippen LogP contribution in [0.2, 0.25) is 0 Å². The van der Waals surface area contributed by atoms with Crippen molar-refractivity contribution in [3.05, 3.63) is 18.0 Å². The van der Waals surface area contributed by atoms with Crippen molar-refractivity contribution < 1.29 is 4.52 Å². The maximum Gasteiger partial charge on any atom is 0.150 e. The van der Waals surface area contributed by atoms with E-state index in [2.05, 4.69) is 29.2 Å². The summed E-state index contributed by atoms with van der Waals surface area (Å²) in [5.41, 5.74) is 0. The van der Waals surface area contributed by atoms with E-state index in [9.17, 15) is 0 Å². The number of aromatic nitrogens is 1. The van der Waals surface area contributed by atoms with Crippen molar-refractivity contribution >= 4 is 0 Å². The lowest BCUT2D eigenvalue weighted by Gasteiger charge is -2.36. The second-order valence-electron chi connectivity index (χ2n) is 4.66. The summed E-state index contributed by atoms with van der Waals surface area (Å²) in [6.45, 7) is 8.72. The summed E-state index contributed by atoms with van der Waals surface area (Å²) < 4.78 is 5.15. The molecule has 1 aliphatic rings. The largest absolute Gasteiger partial charge is 0.360 e. The van der Waals surface area contributed by atoms with Crippen LogP contribution in [0.5, 0.6) is 0 Å². The molecule has 4 heteroatoms. The highest BCUT2D eigenvalue weighted by Crippen LogP contribution is 2.14. The first-order valence-corrected chi connectivity index (χ1v) is 6.15. The fourth-order valence-electron chi connectivity index (χ4n) is 2.20. The summed E-state index contributed by atoms with van der Waals surface area (Å²) >= 11 is 0. The Labute approximate surface area is 97.0 Å². The van der Waals surface area contributed by atoms with Gasteiger partial charge in [-0.2, -0.15) is 0 Å². The highest BCUT2D eigenvalue weighted by molar-refractivity contribution is 4.94. The summed E-state index contributed by atoms with van der Waals surface area (Å²) in [5.74, 6) is 1.70. The van der Waals surface area contributed by atoms with Crippen molar-refractivity contribution in [2.24, 2.45) is 5.92 Å². The zero-order valence-corrected chi connectivity index (χ0v) is 10.1. The molecule has 1 aromatic heterocycles. The molecule has 90 valence electrons. The number of hydrogen-bond acceptors (Lipinski definition) is 4. The summed E-state index contributed by atoms with van der Waals surface area (Å²) in [5, 5.41) is 7.33. The Morgan fingerprint density at radius 2 is 2.56 bits per heavy atom. The van der Waals surface area contributed by atoms with Gasteiger partial charge in [-0.3, -0.25) is 4.90 Å². The van der Waals surface area contributed by atoms with Crippen LogP contribution in [-0.4, -0.2) is 35.7 Å². The van der Waals surface area contributed by atoms with Crippen LogP contribution in [0.25, 0.3) is 0 Å². The monoisotopic (exact) mass is 223 g/mol. The van der Waals surface area contributed by atoms with Crippen LogP contribution in [0.4, 0.5) is 0 Å². The Morgan fingerprint density at radius 3 is 3.25 bits per heavy atom. The average molecular weight is 223 g/mol. The van der Waals surface area contributed by atoms with Crippen molar-refractivity contribution in [2.45, 2.75) is 32.9 Å². The molecule has 0 aliphatic carbocycles. The standard InChI is InChI=1S/C12H21N3O/c1-3-10(2)12-9-15(7-6-13-12)8-11-4-5-14-16-11/h4-5,10,12-13H,3,6-9H2,1-2H3. The summed E-state index contributed by atoms with van der Waals surface area (Å²) in [6.07, 6.45) is 2.94. The number of rotatable bonds is 4. The van der Waals surface area contributed by atoms with Crippen LogP contribution in [0.1, 0.15) is 26.0 Å². The maximum atomic E-state index is 5.15. The van der Waals surface area contributed by atoms with E-state index in [4.69, 9.17) is 4.52 Å². The van der Waals surface area contributed by atoms with Crippen molar-refractivity contribution in [1.82, 2.24) is 15.4 Å². The van der Waals surface area contributed by atoms with Crippen LogP contribution in [-0.2, 0) is 6.54 Å².